The van der Waals surface area contributed by atoms with Gasteiger partial charge in [-0.25, -0.2) is 4.79 Å². The molecular formula is C17H15NO3. The van der Waals surface area contributed by atoms with E-state index in [9.17, 15) is 9.59 Å². The Hall–Kier alpha value is -2.88. The zero-order valence-electron chi connectivity index (χ0n) is 11.6. The lowest BCUT2D eigenvalue weighted by Crippen LogP contribution is -2.28. The van der Waals surface area contributed by atoms with Gasteiger partial charge in [-0.1, -0.05) is 48.5 Å². The van der Waals surface area contributed by atoms with Gasteiger partial charge in [0.05, 0.1) is 7.11 Å². The van der Waals surface area contributed by atoms with Crippen molar-refractivity contribution in [1.29, 1.82) is 0 Å². The summed E-state index contributed by atoms with van der Waals surface area (Å²) in [6, 6.07) is 17.9. The first-order valence-electron chi connectivity index (χ1n) is 6.42. The van der Waals surface area contributed by atoms with Crippen molar-refractivity contribution in [2.75, 3.05) is 7.11 Å². The molecule has 0 saturated heterocycles. The van der Waals surface area contributed by atoms with E-state index in [4.69, 9.17) is 4.74 Å². The second kappa shape index (κ2) is 7.05. The number of amides is 1. The largest absolute Gasteiger partial charge is 0.464 e. The van der Waals surface area contributed by atoms with Crippen LogP contribution in [-0.4, -0.2) is 19.0 Å². The van der Waals surface area contributed by atoms with Crippen LogP contribution in [-0.2, 0) is 9.53 Å². The lowest BCUT2D eigenvalue weighted by molar-refractivity contribution is -0.136. The third-order valence-electron chi connectivity index (χ3n) is 2.80. The summed E-state index contributed by atoms with van der Waals surface area (Å²) >= 11 is 0. The summed E-state index contributed by atoms with van der Waals surface area (Å²) in [5.74, 6) is -0.952. The van der Waals surface area contributed by atoms with E-state index in [2.05, 4.69) is 5.32 Å². The van der Waals surface area contributed by atoms with Crippen LogP contribution in [0.5, 0.6) is 0 Å². The molecule has 106 valence electrons. The Kier molecular flexibility index (Phi) is 4.88. The molecule has 0 aliphatic rings. The first-order valence-corrected chi connectivity index (χ1v) is 6.42. The van der Waals surface area contributed by atoms with Crippen molar-refractivity contribution >= 4 is 18.0 Å². The number of esters is 1. The maximum Gasteiger partial charge on any atom is 0.354 e. The molecule has 0 saturated carbocycles. The Morgan fingerprint density at radius 3 is 2.10 bits per heavy atom. The standard InChI is InChI=1S/C17H15NO3/c1-21-17(20)15(12-13-8-4-2-5-9-13)18-16(19)14-10-6-3-7-11-14/h2-12H,1H3,(H,18,19)/b15-12-. The minimum Gasteiger partial charge on any atom is -0.464 e. The number of nitrogens with one attached hydrogen (secondary N) is 1. The lowest BCUT2D eigenvalue weighted by atomic mass is 10.1. The zero-order chi connectivity index (χ0) is 15.1. The van der Waals surface area contributed by atoms with E-state index in [-0.39, 0.29) is 11.6 Å². The average Bonchev–Trinajstić information content (AvgIpc) is 2.55. The van der Waals surface area contributed by atoms with Crippen LogP contribution in [0.15, 0.2) is 66.4 Å². The Labute approximate surface area is 123 Å². The number of hydrogen-bond donors (Lipinski definition) is 1. The van der Waals surface area contributed by atoms with Gasteiger partial charge in [0.25, 0.3) is 5.91 Å². The van der Waals surface area contributed by atoms with Crippen LogP contribution in [0, 0.1) is 0 Å². The second-order valence-electron chi connectivity index (χ2n) is 4.28. The average molecular weight is 281 g/mol. The van der Waals surface area contributed by atoms with Gasteiger partial charge in [-0.2, -0.15) is 0 Å². The van der Waals surface area contributed by atoms with Crippen LogP contribution in [0.2, 0.25) is 0 Å². The van der Waals surface area contributed by atoms with Crippen molar-refractivity contribution in [2.45, 2.75) is 0 Å². The Morgan fingerprint density at radius 2 is 1.52 bits per heavy atom. The summed E-state index contributed by atoms with van der Waals surface area (Å²) in [5.41, 5.74) is 1.36. The molecule has 0 atom stereocenters. The highest BCUT2D eigenvalue weighted by molar-refractivity contribution is 6.03. The molecular weight excluding hydrogens is 266 g/mol. The van der Waals surface area contributed by atoms with Gasteiger partial charge < -0.3 is 10.1 Å². The summed E-state index contributed by atoms with van der Waals surface area (Å²) in [6.07, 6.45) is 1.58. The number of ether oxygens (including phenoxy) is 1. The molecule has 4 heteroatoms. The Bertz CT molecular complexity index is 648. The minimum atomic E-state index is -0.594. The van der Waals surface area contributed by atoms with E-state index < -0.39 is 5.97 Å². The molecule has 0 unspecified atom stereocenters. The minimum absolute atomic E-state index is 0.0950. The van der Waals surface area contributed by atoms with Gasteiger partial charge in [0, 0.05) is 5.56 Å². The monoisotopic (exact) mass is 281 g/mol. The maximum atomic E-state index is 12.1. The lowest BCUT2D eigenvalue weighted by Gasteiger charge is -2.08. The number of methoxy groups -OCH3 is 1. The summed E-state index contributed by atoms with van der Waals surface area (Å²) < 4.78 is 4.70. The van der Waals surface area contributed by atoms with Gasteiger partial charge in [-0.05, 0) is 23.8 Å². The van der Waals surface area contributed by atoms with E-state index in [1.54, 1.807) is 30.3 Å². The highest BCUT2D eigenvalue weighted by Gasteiger charge is 2.14. The highest BCUT2D eigenvalue weighted by Crippen LogP contribution is 2.07. The normalized spacial score (nSPS) is 10.8. The third-order valence-corrected chi connectivity index (χ3v) is 2.80. The van der Waals surface area contributed by atoms with E-state index in [0.717, 1.165) is 5.56 Å². The second-order valence-corrected chi connectivity index (χ2v) is 4.28. The van der Waals surface area contributed by atoms with Crippen LogP contribution in [0.3, 0.4) is 0 Å². The van der Waals surface area contributed by atoms with Crippen molar-refractivity contribution < 1.29 is 14.3 Å². The van der Waals surface area contributed by atoms with Gasteiger partial charge >= 0.3 is 5.97 Å². The fourth-order valence-electron chi connectivity index (χ4n) is 1.76. The van der Waals surface area contributed by atoms with Gasteiger partial charge in [0.1, 0.15) is 5.70 Å². The molecule has 0 radical (unpaired) electrons. The SMILES string of the molecule is COC(=O)/C(=C/c1ccccc1)NC(=O)c1ccccc1. The van der Waals surface area contributed by atoms with Crippen LogP contribution in [0.25, 0.3) is 6.08 Å². The molecule has 0 fully saturated rings. The van der Waals surface area contributed by atoms with Crippen LogP contribution in [0.1, 0.15) is 15.9 Å². The van der Waals surface area contributed by atoms with Gasteiger partial charge in [0.15, 0.2) is 0 Å². The molecule has 4 nitrogen and oxygen atoms in total. The molecule has 0 aliphatic heterocycles. The first-order chi connectivity index (χ1) is 10.2. The van der Waals surface area contributed by atoms with Crippen molar-refractivity contribution in [2.24, 2.45) is 0 Å². The summed E-state index contributed by atoms with van der Waals surface area (Å²) in [6.45, 7) is 0. The van der Waals surface area contributed by atoms with E-state index in [1.165, 1.54) is 7.11 Å². The van der Waals surface area contributed by atoms with Crippen LogP contribution >= 0.6 is 0 Å². The summed E-state index contributed by atoms with van der Waals surface area (Å²) in [4.78, 5) is 23.9. The van der Waals surface area contributed by atoms with Crippen molar-refractivity contribution in [1.82, 2.24) is 5.32 Å². The number of carbonyl (C=O) groups excluding carboxylic acids is 2. The number of hydrogen-bond acceptors (Lipinski definition) is 3. The van der Waals surface area contributed by atoms with Crippen LogP contribution in [0.4, 0.5) is 0 Å². The molecule has 2 rings (SSSR count). The van der Waals surface area contributed by atoms with Gasteiger partial charge in [-0.3, -0.25) is 4.79 Å². The van der Waals surface area contributed by atoms with Gasteiger partial charge in [0.2, 0.25) is 0 Å². The number of carbonyl (C=O) groups is 2. The molecule has 1 amide bonds. The zero-order valence-corrected chi connectivity index (χ0v) is 11.6. The van der Waals surface area contributed by atoms with Gasteiger partial charge in [-0.15, -0.1) is 0 Å². The van der Waals surface area contributed by atoms with Crippen LogP contribution < -0.4 is 5.32 Å². The van der Waals surface area contributed by atoms with Crippen molar-refractivity contribution in [3.63, 3.8) is 0 Å². The van der Waals surface area contributed by atoms with Crippen molar-refractivity contribution in [3.05, 3.63) is 77.5 Å². The molecule has 0 aromatic heterocycles. The molecule has 0 spiro atoms. The molecule has 2 aromatic carbocycles. The predicted molar refractivity (Wildman–Crippen MR) is 80.3 cm³/mol. The maximum absolute atomic E-state index is 12.1. The molecule has 0 aliphatic carbocycles. The fraction of sp³-hybridized carbons (Fsp3) is 0.0588. The smallest absolute Gasteiger partial charge is 0.354 e. The topological polar surface area (TPSA) is 55.4 Å². The van der Waals surface area contributed by atoms with E-state index >= 15 is 0 Å². The highest BCUT2D eigenvalue weighted by atomic mass is 16.5. The molecule has 1 N–H and O–H groups in total. The molecule has 21 heavy (non-hydrogen) atoms. The number of rotatable bonds is 4. The Balaban J connectivity index is 2.24. The summed E-state index contributed by atoms with van der Waals surface area (Å²) in [7, 11) is 1.27. The number of benzene rings is 2. The molecule has 2 aromatic rings. The molecule has 0 bridgehead atoms. The Morgan fingerprint density at radius 1 is 0.952 bits per heavy atom. The van der Waals surface area contributed by atoms with E-state index in [0.29, 0.717) is 5.56 Å². The van der Waals surface area contributed by atoms with Crippen molar-refractivity contribution in [3.8, 4) is 0 Å². The third kappa shape index (κ3) is 4.04. The molecule has 0 heterocycles. The quantitative estimate of drug-likeness (QED) is 0.692. The predicted octanol–water partition coefficient (Wildman–Crippen LogP) is 2.63. The van der Waals surface area contributed by atoms with E-state index in [1.807, 2.05) is 36.4 Å². The first kappa shape index (κ1) is 14.5. The fourth-order valence-corrected chi connectivity index (χ4v) is 1.76. The summed E-state index contributed by atoms with van der Waals surface area (Å²) in [5, 5.41) is 2.58.